The molecule has 1 atom stereocenters. The van der Waals surface area contributed by atoms with Crippen LogP contribution in [0.2, 0.25) is 0 Å². The lowest BCUT2D eigenvalue weighted by Gasteiger charge is -2.21. The van der Waals surface area contributed by atoms with Gasteiger partial charge in [0.25, 0.3) is 0 Å². The van der Waals surface area contributed by atoms with Crippen LogP contribution in [-0.2, 0) is 16.4 Å². The molecule has 0 heterocycles. The fourth-order valence-electron chi connectivity index (χ4n) is 2.28. The molecular weight excluding hydrogens is 301 g/mol. The van der Waals surface area contributed by atoms with E-state index in [1.807, 2.05) is 43.3 Å². The van der Waals surface area contributed by atoms with Gasteiger partial charge in [0, 0.05) is 0 Å². The molecule has 0 aliphatic heterocycles. The van der Waals surface area contributed by atoms with Crippen LogP contribution in [0.25, 0.3) is 6.08 Å². The Hall–Kier alpha value is -2.36. The zero-order valence-electron chi connectivity index (χ0n) is 12.7. The van der Waals surface area contributed by atoms with E-state index in [2.05, 4.69) is 0 Å². The van der Waals surface area contributed by atoms with Gasteiger partial charge in [-0.2, -0.15) is 13.2 Å². The Morgan fingerprint density at radius 2 is 1.52 bits per heavy atom. The van der Waals surface area contributed by atoms with Crippen LogP contribution in [0.3, 0.4) is 0 Å². The number of rotatable bonds is 5. The van der Waals surface area contributed by atoms with Crippen molar-refractivity contribution in [2.75, 3.05) is 0 Å². The minimum Gasteiger partial charge on any atom is -0.302 e. The number of alkyl halides is 3. The molecule has 0 aliphatic rings. The van der Waals surface area contributed by atoms with Crippen molar-refractivity contribution in [3.05, 3.63) is 77.4 Å². The predicted molar refractivity (Wildman–Crippen MR) is 85.0 cm³/mol. The Kier molecular flexibility index (Phi) is 5.04. The first-order valence-electron chi connectivity index (χ1n) is 7.21. The molecule has 2 aromatic rings. The standard InChI is InChI=1S/C19H17F3O/c1-18(14-23,16-7-3-2-4-8-16)13-5-6-15-9-11-17(12-10-15)19(20,21)22/h2-12,14H,13H2,1H3/b6-5+. The molecular formula is C19H17F3O. The first kappa shape index (κ1) is 17.0. The predicted octanol–water partition coefficient (Wildman–Crippen LogP) is 5.27. The first-order valence-corrected chi connectivity index (χ1v) is 7.21. The lowest BCUT2D eigenvalue weighted by atomic mass is 9.81. The molecule has 0 bridgehead atoms. The minimum absolute atomic E-state index is 0.474. The molecule has 1 nitrogen and oxygen atoms in total. The van der Waals surface area contributed by atoms with Crippen molar-refractivity contribution >= 4 is 12.4 Å². The average molecular weight is 318 g/mol. The molecule has 23 heavy (non-hydrogen) atoms. The van der Waals surface area contributed by atoms with Gasteiger partial charge in [0.1, 0.15) is 6.29 Å². The number of carbonyl (C=O) groups is 1. The number of hydrogen-bond donors (Lipinski definition) is 0. The minimum atomic E-state index is -4.33. The van der Waals surface area contributed by atoms with E-state index in [0.29, 0.717) is 12.0 Å². The molecule has 0 spiro atoms. The Morgan fingerprint density at radius 1 is 0.913 bits per heavy atom. The summed E-state index contributed by atoms with van der Waals surface area (Å²) in [6.07, 6.45) is 0.585. The lowest BCUT2D eigenvalue weighted by Crippen LogP contribution is -2.22. The van der Waals surface area contributed by atoms with Gasteiger partial charge in [0.15, 0.2) is 0 Å². The summed E-state index contributed by atoms with van der Waals surface area (Å²) < 4.78 is 37.5. The Bertz CT molecular complexity index is 672. The zero-order chi connectivity index (χ0) is 16.9. The quantitative estimate of drug-likeness (QED) is 0.687. The van der Waals surface area contributed by atoms with E-state index in [0.717, 1.165) is 24.0 Å². The van der Waals surface area contributed by atoms with Crippen molar-refractivity contribution in [1.29, 1.82) is 0 Å². The van der Waals surface area contributed by atoms with E-state index in [1.165, 1.54) is 12.1 Å². The average Bonchev–Trinajstić information content (AvgIpc) is 2.55. The van der Waals surface area contributed by atoms with Gasteiger partial charge in [-0.15, -0.1) is 0 Å². The summed E-state index contributed by atoms with van der Waals surface area (Å²) in [6.45, 7) is 1.84. The van der Waals surface area contributed by atoms with Crippen LogP contribution in [0.4, 0.5) is 13.2 Å². The number of benzene rings is 2. The van der Waals surface area contributed by atoms with Gasteiger partial charge in [-0.3, -0.25) is 0 Å². The molecule has 0 saturated carbocycles. The molecule has 4 heteroatoms. The highest BCUT2D eigenvalue weighted by Crippen LogP contribution is 2.29. The molecule has 120 valence electrons. The molecule has 2 rings (SSSR count). The monoisotopic (exact) mass is 318 g/mol. The number of halogens is 3. The summed E-state index contributed by atoms with van der Waals surface area (Å²) >= 11 is 0. The van der Waals surface area contributed by atoms with Crippen molar-refractivity contribution in [2.45, 2.75) is 24.9 Å². The number of hydrogen-bond acceptors (Lipinski definition) is 1. The number of allylic oxidation sites excluding steroid dienone is 1. The third-order valence-electron chi connectivity index (χ3n) is 3.78. The van der Waals surface area contributed by atoms with Crippen LogP contribution in [0, 0.1) is 0 Å². The van der Waals surface area contributed by atoms with Crippen LogP contribution in [-0.4, -0.2) is 6.29 Å². The molecule has 0 saturated heterocycles. The highest BCUT2D eigenvalue weighted by molar-refractivity contribution is 5.68. The molecule has 0 amide bonds. The largest absolute Gasteiger partial charge is 0.416 e. The van der Waals surface area contributed by atoms with Crippen LogP contribution in [0.15, 0.2) is 60.7 Å². The van der Waals surface area contributed by atoms with Crippen LogP contribution in [0.1, 0.15) is 30.0 Å². The van der Waals surface area contributed by atoms with Crippen molar-refractivity contribution in [2.24, 2.45) is 0 Å². The summed E-state index contributed by atoms with van der Waals surface area (Å²) in [5.74, 6) is 0. The fourth-order valence-corrected chi connectivity index (χ4v) is 2.28. The number of aldehydes is 1. The van der Waals surface area contributed by atoms with Gasteiger partial charge in [0.2, 0.25) is 0 Å². The van der Waals surface area contributed by atoms with E-state index in [9.17, 15) is 18.0 Å². The van der Waals surface area contributed by atoms with Gasteiger partial charge in [-0.1, -0.05) is 54.6 Å². The van der Waals surface area contributed by atoms with Crippen molar-refractivity contribution in [3.63, 3.8) is 0 Å². The Balaban J connectivity index is 2.10. The Morgan fingerprint density at radius 3 is 2.04 bits per heavy atom. The summed E-state index contributed by atoms with van der Waals surface area (Å²) in [7, 11) is 0. The smallest absolute Gasteiger partial charge is 0.302 e. The molecule has 0 aliphatic carbocycles. The molecule has 0 N–H and O–H groups in total. The maximum absolute atomic E-state index is 12.5. The normalized spacial score (nSPS) is 14.6. The van der Waals surface area contributed by atoms with E-state index >= 15 is 0 Å². The molecule has 0 fully saturated rings. The highest BCUT2D eigenvalue weighted by atomic mass is 19.4. The van der Waals surface area contributed by atoms with E-state index < -0.39 is 17.2 Å². The second-order valence-electron chi connectivity index (χ2n) is 5.63. The van der Waals surface area contributed by atoms with Gasteiger partial charge in [-0.25, -0.2) is 0 Å². The van der Waals surface area contributed by atoms with Crippen LogP contribution >= 0.6 is 0 Å². The fraction of sp³-hybridized carbons (Fsp3) is 0.211. The zero-order valence-corrected chi connectivity index (χ0v) is 12.7. The molecule has 1 unspecified atom stereocenters. The Labute approximate surface area is 133 Å². The van der Waals surface area contributed by atoms with Crippen molar-refractivity contribution in [1.82, 2.24) is 0 Å². The maximum Gasteiger partial charge on any atom is 0.416 e. The second-order valence-corrected chi connectivity index (χ2v) is 5.63. The van der Waals surface area contributed by atoms with Crippen LogP contribution in [0.5, 0.6) is 0 Å². The van der Waals surface area contributed by atoms with Gasteiger partial charge >= 0.3 is 6.18 Å². The van der Waals surface area contributed by atoms with Gasteiger partial charge < -0.3 is 4.79 Å². The molecule has 0 aromatic heterocycles. The van der Waals surface area contributed by atoms with E-state index in [-0.39, 0.29) is 0 Å². The summed E-state index contributed by atoms with van der Waals surface area (Å²) in [6, 6.07) is 14.3. The lowest BCUT2D eigenvalue weighted by molar-refractivity contribution is -0.137. The third kappa shape index (κ3) is 4.31. The summed E-state index contributed by atoms with van der Waals surface area (Å²) in [5.41, 5.74) is 0.256. The van der Waals surface area contributed by atoms with Crippen molar-refractivity contribution in [3.8, 4) is 0 Å². The molecule has 2 aromatic carbocycles. The van der Waals surface area contributed by atoms with E-state index in [1.54, 1.807) is 6.08 Å². The SMILES string of the molecule is CC(C=O)(C/C=C/c1ccc(C(F)(F)F)cc1)c1ccccc1. The van der Waals surface area contributed by atoms with Gasteiger partial charge in [0.05, 0.1) is 11.0 Å². The highest BCUT2D eigenvalue weighted by Gasteiger charge is 2.29. The topological polar surface area (TPSA) is 17.1 Å². The van der Waals surface area contributed by atoms with Crippen LogP contribution < -0.4 is 0 Å². The van der Waals surface area contributed by atoms with Crippen molar-refractivity contribution < 1.29 is 18.0 Å². The van der Waals surface area contributed by atoms with Gasteiger partial charge in [-0.05, 0) is 36.6 Å². The summed E-state index contributed by atoms with van der Waals surface area (Å²) in [4.78, 5) is 11.5. The maximum atomic E-state index is 12.5. The number of carbonyl (C=O) groups excluding carboxylic acids is 1. The second kappa shape index (κ2) is 6.82. The summed E-state index contributed by atoms with van der Waals surface area (Å²) in [5, 5.41) is 0. The third-order valence-corrected chi connectivity index (χ3v) is 3.78. The molecule has 0 radical (unpaired) electrons. The first-order chi connectivity index (χ1) is 10.8. The van der Waals surface area contributed by atoms with E-state index in [4.69, 9.17) is 0 Å².